The SMILES string of the molecule is CCCC(=O)COc1ccc(C#N)cc1[N+](=O)[O-]. The molecule has 94 valence electrons. The molecular weight excluding hydrogens is 236 g/mol. The van der Waals surface area contributed by atoms with Crippen LogP contribution in [0.4, 0.5) is 5.69 Å². The van der Waals surface area contributed by atoms with Gasteiger partial charge in [-0.3, -0.25) is 14.9 Å². The van der Waals surface area contributed by atoms with E-state index in [1.165, 1.54) is 12.1 Å². The van der Waals surface area contributed by atoms with Crippen molar-refractivity contribution in [2.45, 2.75) is 19.8 Å². The Hall–Kier alpha value is -2.42. The van der Waals surface area contributed by atoms with Gasteiger partial charge in [-0.25, -0.2) is 0 Å². The summed E-state index contributed by atoms with van der Waals surface area (Å²) >= 11 is 0. The molecule has 0 aliphatic carbocycles. The summed E-state index contributed by atoms with van der Waals surface area (Å²) in [4.78, 5) is 21.4. The molecule has 18 heavy (non-hydrogen) atoms. The minimum absolute atomic E-state index is 0.00320. The molecule has 0 atom stereocenters. The van der Waals surface area contributed by atoms with Crippen LogP contribution in [0.2, 0.25) is 0 Å². The predicted molar refractivity (Wildman–Crippen MR) is 63.2 cm³/mol. The highest BCUT2D eigenvalue weighted by Crippen LogP contribution is 2.27. The minimum atomic E-state index is -0.638. The zero-order chi connectivity index (χ0) is 13.5. The number of carbonyl (C=O) groups is 1. The number of nitro groups is 1. The van der Waals surface area contributed by atoms with Crippen molar-refractivity contribution in [1.29, 1.82) is 5.26 Å². The molecule has 1 aromatic rings. The van der Waals surface area contributed by atoms with Crippen molar-refractivity contribution in [1.82, 2.24) is 0 Å². The maximum atomic E-state index is 11.3. The Morgan fingerprint density at radius 1 is 1.56 bits per heavy atom. The monoisotopic (exact) mass is 248 g/mol. The molecule has 0 saturated heterocycles. The first-order chi connectivity index (χ1) is 8.58. The van der Waals surface area contributed by atoms with Crippen molar-refractivity contribution in [2.24, 2.45) is 0 Å². The highest BCUT2D eigenvalue weighted by Gasteiger charge is 2.16. The minimum Gasteiger partial charge on any atom is -0.479 e. The number of nitrogens with zero attached hydrogens (tertiary/aromatic N) is 2. The molecule has 6 heteroatoms. The second kappa shape index (κ2) is 6.35. The number of Topliss-reactive ketones (excluding diaryl/α,β-unsaturated/α-hetero) is 1. The lowest BCUT2D eigenvalue weighted by Gasteiger charge is -2.05. The average Bonchev–Trinajstić information content (AvgIpc) is 2.36. The average molecular weight is 248 g/mol. The molecule has 0 N–H and O–H groups in total. The van der Waals surface area contributed by atoms with Gasteiger partial charge >= 0.3 is 5.69 Å². The Balaban J connectivity index is 2.86. The number of carbonyl (C=O) groups excluding carboxylic acids is 1. The van der Waals surface area contributed by atoms with Crippen LogP contribution in [0.5, 0.6) is 5.75 Å². The van der Waals surface area contributed by atoms with Crippen LogP contribution in [0.3, 0.4) is 0 Å². The first kappa shape index (κ1) is 13.6. The molecule has 1 rings (SSSR count). The topological polar surface area (TPSA) is 93.2 Å². The lowest BCUT2D eigenvalue weighted by Crippen LogP contribution is -2.11. The largest absolute Gasteiger partial charge is 0.479 e. The zero-order valence-electron chi connectivity index (χ0n) is 9.88. The molecule has 0 heterocycles. The maximum absolute atomic E-state index is 11.3. The summed E-state index contributed by atoms with van der Waals surface area (Å²) < 4.78 is 5.11. The molecule has 1 aromatic carbocycles. The fourth-order valence-electron chi connectivity index (χ4n) is 1.36. The molecule has 0 bridgehead atoms. The van der Waals surface area contributed by atoms with E-state index in [9.17, 15) is 14.9 Å². The van der Waals surface area contributed by atoms with E-state index in [4.69, 9.17) is 10.00 Å². The van der Waals surface area contributed by atoms with Crippen molar-refractivity contribution in [2.75, 3.05) is 6.61 Å². The Kier molecular flexibility index (Phi) is 4.81. The molecule has 6 nitrogen and oxygen atoms in total. The van der Waals surface area contributed by atoms with Gasteiger partial charge in [-0.15, -0.1) is 0 Å². The van der Waals surface area contributed by atoms with Gasteiger partial charge in [0.25, 0.3) is 0 Å². The first-order valence-electron chi connectivity index (χ1n) is 5.41. The van der Waals surface area contributed by atoms with Crippen LogP contribution in [0.15, 0.2) is 18.2 Å². The third-order valence-corrected chi connectivity index (χ3v) is 2.20. The number of ketones is 1. The Bertz CT molecular complexity index is 505. The summed E-state index contributed by atoms with van der Waals surface area (Å²) in [6, 6.07) is 5.67. The number of hydrogen-bond donors (Lipinski definition) is 0. The standard InChI is InChI=1S/C12H12N2O4/c1-2-3-10(15)8-18-12-5-4-9(7-13)6-11(12)14(16)17/h4-6H,2-3,8H2,1H3. The lowest BCUT2D eigenvalue weighted by molar-refractivity contribution is -0.385. The third-order valence-electron chi connectivity index (χ3n) is 2.20. The number of nitro benzene ring substituents is 1. The number of benzene rings is 1. The molecule has 0 aliphatic heterocycles. The van der Waals surface area contributed by atoms with Crippen molar-refractivity contribution < 1.29 is 14.5 Å². The van der Waals surface area contributed by atoms with Gasteiger partial charge in [0.2, 0.25) is 0 Å². The molecule has 0 amide bonds. The van der Waals surface area contributed by atoms with Crippen LogP contribution in [0.1, 0.15) is 25.3 Å². The van der Waals surface area contributed by atoms with Gasteiger partial charge in [-0.1, -0.05) is 6.92 Å². The van der Waals surface area contributed by atoms with E-state index in [-0.39, 0.29) is 29.4 Å². The molecule has 0 fully saturated rings. The highest BCUT2D eigenvalue weighted by molar-refractivity contribution is 5.80. The molecule has 0 saturated carbocycles. The molecule has 0 unspecified atom stereocenters. The number of rotatable bonds is 6. The van der Waals surface area contributed by atoms with Crippen LogP contribution < -0.4 is 4.74 Å². The normalized spacial score (nSPS) is 9.56. The van der Waals surface area contributed by atoms with Gasteiger partial charge in [0.1, 0.15) is 6.61 Å². The number of ether oxygens (including phenoxy) is 1. The fraction of sp³-hybridized carbons (Fsp3) is 0.333. The van der Waals surface area contributed by atoms with Crippen LogP contribution in [0, 0.1) is 21.4 Å². The predicted octanol–water partition coefficient (Wildman–Crippen LogP) is 2.21. The fourth-order valence-corrected chi connectivity index (χ4v) is 1.36. The number of nitriles is 1. The van der Waals surface area contributed by atoms with E-state index >= 15 is 0 Å². The van der Waals surface area contributed by atoms with E-state index in [0.717, 1.165) is 6.07 Å². The summed E-state index contributed by atoms with van der Waals surface area (Å²) in [6.45, 7) is 1.67. The summed E-state index contributed by atoms with van der Waals surface area (Å²) in [7, 11) is 0. The van der Waals surface area contributed by atoms with E-state index in [1.54, 1.807) is 0 Å². The molecule has 0 spiro atoms. The van der Waals surface area contributed by atoms with Gasteiger partial charge in [0.05, 0.1) is 16.6 Å². The van der Waals surface area contributed by atoms with E-state index in [0.29, 0.717) is 12.8 Å². The van der Waals surface area contributed by atoms with E-state index < -0.39 is 4.92 Å². The maximum Gasteiger partial charge on any atom is 0.312 e. The smallest absolute Gasteiger partial charge is 0.312 e. The van der Waals surface area contributed by atoms with Gasteiger partial charge in [0, 0.05) is 12.5 Å². The van der Waals surface area contributed by atoms with Crippen LogP contribution in [-0.2, 0) is 4.79 Å². The molecular formula is C12H12N2O4. The second-order valence-electron chi connectivity index (χ2n) is 3.63. The van der Waals surface area contributed by atoms with Gasteiger partial charge < -0.3 is 4.74 Å². The third kappa shape index (κ3) is 3.56. The van der Waals surface area contributed by atoms with Crippen LogP contribution in [-0.4, -0.2) is 17.3 Å². The Morgan fingerprint density at radius 2 is 2.28 bits per heavy atom. The summed E-state index contributed by atoms with van der Waals surface area (Å²) in [5.74, 6) is -0.111. The first-order valence-corrected chi connectivity index (χ1v) is 5.41. The Labute approximate surface area is 104 Å². The lowest BCUT2D eigenvalue weighted by atomic mass is 10.2. The summed E-state index contributed by atoms with van der Waals surface area (Å²) in [6.07, 6.45) is 1.09. The van der Waals surface area contributed by atoms with Gasteiger partial charge in [-0.2, -0.15) is 5.26 Å². The van der Waals surface area contributed by atoms with Crippen molar-refractivity contribution >= 4 is 11.5 Å². The summed E-state index contributed by atoms with van der Waals surface area (Å²) in [5.41, 5.74) is -0.132. The second-order valence-corrected chi connectivity index (χ2v) is 3.63. The van der Waals surface area contributed by atoms with E-state index in [2.05, 4.69) is 0 Å². The molecule has 0 aromatic heterocycles. The van der Waals surface area contributed by atoms with Crippen molar-refractivity contribution in [3.63, 3.8) is 0 Å². The Morgan fingerprint density at radius 3 is 2.83 bits per heavy atom. The van der Waals surface area contributed by atoms with Gasteiger partial charge in [0.15, 0.2) is 11.5 Å². The van der Waals surface area contributed by atoms with Crippen LogP contribution in [0.25, 0.3) is 0 Å². The van der Waals surface area contributed by atoms with Crippen molar-refractivity contribution in [3.05, 3.63) is 33.9 Å². The van der Waals surface area contributed by atoms with Crippen molar-refractivity contribution in [3.8, 4) is 11.8 Å². The highest BCUT2D eigenvalue weighted by atomic mass is 16.6. The van der Waals surface area contributed by atoms with Gasteiger partial charge in [-0.05, 0) is 18.6 Å². The van der Waals surface area contributed by atoms with E-state index in [1.807, 2.05) is 13.0 Å². The molecule has 0 aliphatic rings. The summed E-state index contributed by atoms with van der Waals surface area (Å²) in [5, 5.41) is 19.4. The number of hydrogen-bond acceptors (Lipinski definition) is 5. The molecule has 0 radical (unpaired) electrons. The quantitative estimate of drug-likeness (QED) is 0.568. The van der Waals surface area contributed by atoms with Crippen LogP contribution >= 0.6 is 0 Å². The zero-order valence-corrected chi connectivity index (χ0v) is 9.88.